The predicted molar refractivity (Wildman–Crippen MR) is 71.3 cm³/mol. The van der Waals surface area contributed by atoms with Gasteiger partial charge in [0.05, 0.1) is 16.3 Å². The molecule has 17 heavy (non-hydrogen) atoms. The Morgan fingerprint density at radius 2 is 2.00 bits per heavy atom. The van der Waals surface area contributed by atoms with Crippen molar-refractivity contribution >= 4 is 11.3 Å². The van der Waals surface area contributed by atoms with Crippen LogP contribution in [0.25, 0.3) is 0 Å². The molecule has 0 aliphatic rings. The topological polar surface area (TPSA) is 33.1 Å². The van der Waals surface area contributed by atoms with Crippen molar-refractivity contribution in [3.8, 4) is 0 Å². The Bertz CT molecular complexity index is 516. The number of aryl methyl sites for hydroxylation is 2. The molecule has 90 valence electrons. The average molecular weight is 247 g/mol. The Hall–Kier alpha value is -1.19. The molecule has 0 saturated carbocycles. The highest BCUT2D eigenvalue weighted by Gasteiger charge is 2.26. The van der Waals surface area contributed by atoms with Gasteiger partial charge in [-0.3, -0.25) is 0 Å². The van der Waals surface area contributed by atoms with Crippen LogP contribution in [0, 0.1) is 13.8 Å². The molecule has 1 aromatic heterocycles. The van der Waals surface area contributed by atoms with Crippen molar-refractivity contribution in [2.24, 2.45) is 0 Å². The van der Waals surface area contributed by atoms with E-state index in [1.807, 2.05) is 50.4 Å². The van der Waals surface area contributed by atoms with Gasteiger partial charge in [-0.05, 0) is 31.9 Å². The van der Waals surface area contributed by atoms with Crippen LogP contribution < -0.4 is 0 Å². The van der Waals surface area contributed by atoms with Gasteiger partial charge in [-0.15, -0.1) is 11.3 Å². The summed E-state index contributed by atoms with van der Waals surface area (Å²) >= 11 is 1.62. The first-order valence-electron chi connectivity index (χ1n) is 5.68. The predicted octanol–water partition coefficient (Wildman–Crippen LogP) is 3.21. The first kappa shape index (κ1) is 12.3. The van der Waals surface area contributed by atoms with Gasteiger partial charge in [0.15, 0.2) is 0 Å². The van der Waals surface area contributed by atoms with Crippen molar-refractivity contribution in [3.05, 3.63) is 51.5 Å². The van der Waals surface area contributed by atoms with Crippen LogP contribution in [0.3, 0.4) is 0 Å². The van der Waals surface area contributed by atoms with E-state index in [1.165, 1.54) is 0 Å². The fourth-order valence-corrected chi connectivity index (χ4v) is 2.73. The zero-order chi connectivity index (χ0) is 12.5. The van der Waals surface area contributed by atoms with E-state index in [-0.39, 0.29) is 0 Å². The Labute approximate surface area is 106 Å². The largest absolute Gasteiger partial charge is 0.385 e. The molecule has 0 spiro atoms. The summed E-state index contributed by atoms with van der Waals surface area (Å²) in [5.41, 5.74) is 2.20. The van der Waals surface area contributed by atoms with E-state index >= 15 is 0 Å². The molecule has 0 radical (unpaired) electrons. The van der Waals surface area contributed by atoms with Crippen LogP contribution >= 0.6 is 11.3 Å². The third kappa shape index (κ3) is 2.73. The Balaban J connectivity index is 2.27. The summed E-state index contributed by atoms with van der Waals surface area (Å²) < 4.78 is 0. The van der Waals surface area contributed by atoms with Crippen LogP contribution in [0.5, 0.6) is 0 Å². The van der Waals surface area contributed by atoms with Gasteiger partial charge < -0.3 is 5.11 Å². The number of aromatic nitrogens is 1. The molecule has 1 N–H and O–H groups in total. The second kappa shape index (κ2) is 4.59. The normalized spacial score (nSPS) is 14.6. The van der Waals surface area contributed by atoms with Gasteiger partial charge >= 0.3 is 0 Å². The van der Waals surface area contributed by atoms with E-state index in [9.17, 15) is 5.11 Å². The number of hydrogen-bond acceptors (Lipinski definition) is 3. The molecule has 2 aromatic rings. The van der Waals surface area contributed by atoms with Crippen molar-refractivity contribution in [2.75, 3.05) is 0 Å². The quantitative estimate of drug-likeness (QED) is 0.903. The van der Waals surface area contributed by atoms with Gasteiger partial charge in [-0.1, -0.05) is 24.3 Å². The lowest BCUT2D eigenvalue weighted by molar-refractivity contribution is 0.0561. The maximum absolute atomic E-state index is 10.6. The molecule has 2 rings (SSSR count). The van der Waals surface area contributed by atoms with E-state index in [0.29, 0.717) is 6.42 Å². The molecule has 0 aliphatic carbocycles. The zero-order valence-corrected chi connectivity index (χ0v) is 11.2. The van der Waals surface area contributed by atoms with E-state index in [2.05, 4.69) is 4.98 Å². The molecule has 0 bridgehead atoms. The number of thiazole rings is 1. The van der Waals surface area contributed by atoms with Crippen LogP contribution in [0.15, 0.2) is 29.6 Å². The van der Waals surface area contributed by atoms with Crippen molar-refractivity contribution in [3.63, 3.8) is 0 Å². The lowest BCUT2D eigenvalue weighted by atomic mass is 9.88. The molecule has 1 aromatic carbocycles. The second-order valence-corrected chi connectivity index (χ2v) is 5.69. The molecule has 1 heterocycles. The molecule has 0 saturated heterocycles. The molecule has 1 atom stereocenters. The number of benzene rings is 1. The molecule has 0 amide bonds. The molecular formula is C14H17NOS. The smallest absolute Gasteiger partial charge is 0.0926 e. The Morgan fingerprint density at radius 3 is 2.59 bits per heavy atom. The fraction of sp³-hybridized carbons (Fsp3) is 0.357. The van der Waals surface area contributed by atoms with Crippen LogP contribution in [0.4, 0.5) is 0 Å². The summed E-state index contributed by atoms with van der Waals surface area (Å²) in [6.07, 6.45) is 0.558. The number of nitrogens with zero attached hydrogens (tertiary/aromatic N) is 1. The third-order valence-corrected chi connectivity index (χ3v) is 3.74. The van der Waals surface area contributed by atoms with Gasteiger partial charge in [-0.2, -0.15) is 0 Å². The molecule has 3 heteroatoms. The summed E-state index contributed by atoms with van der Waals surface area (Å²) in [4.78, 5) is 4.41. The molecule has 2 nitrogen and oxygen atoms in total. The maximum atomic E-state index is 10.6. The fourth-order valence-electron chi connectivity index (χ4n) is 2.11. The highest BCUT2D eigenvalue weighted by molar-refractivity contribution is 7.09. The summed E-state index contributed by atoms with van der Waals surface area (Å²) in [7, 11) is 0. The summed E-state index contributed by atoms with van der Waals surface area (Å²) in [5.74, 6) is 0. The number of hydrogen-bond donors (Lipinski definition) is 1. The minimum atomic E-state index is -0.855. The SMILES string of the molecule is Cc1nc(CC(C)(O)c2ccccc2C)cs1. The van der Waals surface area contributed by atoms with Crippen LogP contribution in [-0.4, -0.2) is 10.1 Å². The van der Waals surface area contributed by atoms with Crippen LogP contribution in [0.2, 0.25) is 0 Å². The standard InChI is InChI=1S/C14H17NOS/c1-10-6-4-5-7-13(10)14(3,16)8-12-9-17-11(2)15-12/h4-7,9,16H,8H2,1-3H3. The van der Waals surface area contributed by atoms with Crippen molar-refractivity contribution < 1.29 is 5.11 Å². The molecular weight excluding hydrogens is 230 g/mol. The van der Waals surface area contributed by atoms with Gasteiger partial charge in [0.1, 0.15) is 0 Å². The lowest BCUT2D eigenvalue weighted by Gasteiger charge is -2.24. The molecule has 0 aliphatic heterocycles. The summed E-state index contributed by atoms with van der Waals surface area (Å²) in [5, 5.41) is 13.7. The van der Waals surface area contributed by atoms with Gasteiger partial charge in [0, 0.05) is 11.8 Å². The molecule has 0 fully saturated rings. The maximum Gasteiger partial charge on any atom is 0.0926 e. The molecule has 1 unspecified atom stereocenters. The van der Waals surface area contributed by atoms with E-state index < -0.39 is 5.60 Å². The lowest BCUT2D eigenvalue weighted by Crippen LogP contribution is -2.25. The van der Waals surface area contributed by atoms with Crippen molar-refractivity contribution in [1.82, 2.24) is 4.98 Å². The highest BCUT2D eigenvalue weighted by Crippen LogP contribution is 2.28. The number of rotatable bonds is 3. The minimum Gasteiger partial charge on any atom is -0.385 e. The highest BCUT2D eigenvalue weighted by atomic mass is 32.1. The van der Waals surface area contributed by atoms with Crippen molar-refractivity contribution in [2.45, 2.75) is 32.8 Å². The zero-order valence-electron chi connectivity index (χ0n) is 10.4. The first-order valence-corrected chi connectivity index (χ1v) is 6.56. The van der Waals surface area contributed by atoms with Crippen LogP contribution in [0.1, 0.15) is 28.8 Å². The average Bonchev–Trinajstić information content (AvgIpc) is 2.63. The van der Waals surface area contributed by atoms with Gasteiger partial charge in [0.25, 0.3) is 0 Å². The number of aliphatic hydroxyl groups is 1. The monoisotopic (exact) mass is 247 g/mol. The van der Waals surface area contributed by atoms with Crippen LogP contribution in [-0.2, 0) is 12.0 Å². The van der Waals surface area contributed by atoms with E-state index in [4.69, 9.17) is 0 Å². The Morgan fingerprint density at radius 1 is 1.29 bits per heavy atom. The van der Waals surface area contributed by atoms with Gasteiger partial charge in [-0.25, -0.2) is 4.98 Å². The van der Waals surface area contributed by atoms with Crippen molar-refractivity contribution in [1.29, 1.82) is 0 Å². The summed E-state index contributed by atoms with van der Waals surface area (Å²) in [6, 6.07) is 7.95. The first-order chi connectivity index (χ1) is 7.99. The Kier molecular flexibility index (Phi) is 3.31. The van der Waals surface area contributed by atoms with Gasteiger partial charge in [0.2, 0.25) is 0 Å². The summed E-state index contributed by atoms with van der Waals surface area (Å²) in [6.45, 7) is 5.86. The van der Waals surface area contributed by atoms with E-state index in [0.717, 1.165) is 21.8 Å². The van der Waals surface area contributed by atoms with E-state index in [1.54, 1.807) is 11.3 Å². The third-order valence-electron chi connectivity index (χ3n) is 2.92. The second-order valence-electron chi connectivity index (χ2n) is 4.62. The minimum absolute atomic E-state index is 0.558.